The summed E-state index contributed by atoms with van der Waals surface area (Å²) in [4.78, 5) is 20.8. The minimum atomic E-state index is -0.318. The molecule has 2 aromatic heterocycles. The Morgan fingerprint density at radius 3 is 2.76 bits per heavy atom. The predicted octanol–water partition coefficient (Wildman–Crippen LogP) is 3.31. The van der Waals surface area contributed by atoms with Crippen LogP contribution in [0.15, 0.2) is 30.9 Å². The summed E-state index contributed by atoms with van der Waals surface area (Å²) in [7, 11) is 0. The van der Waals surface area contributed by atoms with Gasteiger partial charge in [-0.25, -0.2) is 9.97 Å². The van der Waals surface area contributed by atoms with Gasteiger partial charge in [0, 0.05) is 12.4 Å². The molecule has 0 aliphatic carbocycles. The fourth-order valence-electron chi connectivity index (χ4n) is 2.16. The molecule has 21 heavy (non-hydrogen) atoms. The Morgan fingerprint density at radius 1 is 1.33 bits per heavy atom. The molecule has 0 bridgehead atoms. The number of amides is 1. The minimum absolute atomic E-state index is 0.0950. The van der Waals surface area contributed by atoms with E-state index in [4.69, 9.17) is 0 Å². The largest absolute Gasteiger partial charge is 0.325 e. The van der Waals surface area contributed by atoms with Gasteiger partial charge in [-0.2, -0.15) is 0 Å². The summed E-state index contributed by atoms with van der Waals surface area (Å²) >= 11 is 1.51. The average Bonchev–Trinajstić information content (AvgIpc) is 3.11. The van der Waals surface area contributed by atoms with Crippen LogP contribution < -0.4 is 5.32 Å². The zero-order valence-corrected chi connectivity index (χ0v) is 12.9. The maximum atomic E-state index is 12.3. The number of anilines is 1. The second-order valence-electron chi connectivity index (χ2n) is 5.07. The summed E-state index contributed by atoms with van der Waals surface area (Å²) in [6.45, 7) is 5.92. The summed E-state index contributed by atoms with van der Waals surface area (Å²) in [5.74, 6) is -0.0950. The lowest BCUT2D eigenvalue weighted by atomic mass is 10.1. The number of carbonyl (C=O) groups is 1. The van der Waals surface area contributed by atoms with Crippen LogP contribution in [0.5, 0.6) is 0 Å². The first-order chi connectivity index (χ1) is 10.1. The first kappa shape index (κ1) is 13.8. The Balaban J connectivity index is 1.87. The van der Waals surface area contributed by atoms with E-state index in [0.717, 1.165) is 15.8 Å². The molecule has 6 heteroatoms. The summed E-state index contributed by atoms with van der Waals surface area (Å²) in [6, 6.07) is 3.81. The van der Waals surface area contributed by atoms with Gasteiger partial charge >= 0.3 is 0 Å². The van der Waals surface area contributed by atoms with E-state index in [1.54, 1.807) is 23.3 Å². The van der Waals surface area contributed by atoms with Crippen molar-refractivity contribution in [2.75, 3.05) is 5.32 Å². The average molecular weight is 300 g/mol. The van der Waals surface area contributed by atoms with Crippen molar-refractivity contribution in [3.05, 3.63) is 42.0 Å². The fourth-order valence-corrected chi connectivity index (χ4v) is 3.17. The van der Waals surface area contributed by atoms with E-state index < -0.39 is 0 Å². The molecule has 3 aromatic rings. The number of imidazole rings is 1. The molecule has 3 rings (SSSR count). The summed E-state index contributed by atoms with van der Waals surface area (Å²) in [6.07, 6.45) is 5.07. The molecule has 0 radical (unpaired) electrons. The number of rotatable bonds is 3. The van der Waals surface area contributed by atoms with Gasteiger partial charge in [0.25, 0.3) is 0 Å². The van der Waals surface area contributed by atoms with Crippen LogP contribution in [0, 0.1) is 13.8 Å². The van der Waals surface area contributed by atoms with Crippen LogP contribution in [0.2, 0.25) is 0 Å². The quantitative estimate of drug-likeness (QED) is 0.807. The topological polar surface area (TPSA) is 59.8 Å². The molecular formula is C15H16N4OS. The molecule has 0 aliphatic rings. The van der Waals surface area contributed by atoms with Crippen LogP contribution >= 0.6 is 11.3 Å². The first-order valence-corrected chi connectivity index (χ1v) is 7.53. The van der Waals surface area contributed by atoms with Crippen molar-refractivity contribution in [1.82, 2.24) is 14.5 Å². The van der Waals surface area contributed by atoms with Gasteiger partial charge in [-0.1, -0.05) is 23.5 Å². The lowest BCUT2D eigenvalue weighted by Gasteiger charge is -2.11. The smallest absolute Gasteiger partial charge is 0.248 e. The number of aromatic nitrogens is 3. The number of nitrogens with zero attached hydrogens (tertiary/aromatic N) is 3. The zero-order chi connectivity index (χ0) is 15.0. The molecule has 2 heterocycles. The van der Waals surface area contributed by atoms with Crippen molar-refractivity contribution >= 4 is 32.6 Å². The van der Waals surface area contributed by atoms with Gasteiger partial charge in [0.05, 0.1) is 16.5 Å². The highest BCUT2D eigenvalue weighted by Gasteiger charge is 2.17. The zero-order valence-electron chi connectivity index (χ0n) is 12.1. The van der Waals surface area contributed by atoms with Gasteiger partial charge < -0.3 is 9.88 Å². The third-order valence-electron chi connectivity index (χ3n) is 3.52. The van der Waals surface area contributed by atoms with Crippen LogP contribution in [0.3, 0.4) is 0 Å². The summed E-state index contributed by atoms with van der Waals surface area (Å²) in [5.41, 5.74) is 3.26. The maximum Gasteiger partial charge on any atom is 0.248 e. The normalized spacial score (nSPS) is 12.5. The number of carbonyl (C=O) groups excluding carboxylic acids is 1. The highest BCUT2D eigenvalue weighted by molar-refractivity contribution is 7.22. The number of hydrogen-bond donors (Lipinski definition) is 1. The highest BCUT2D eigenvalue weighted by Crippen LogP contribution is 2.31. The van der Waals surface area contributed by atoms with Gasteiger partial charge in [-0.3, -0.25) is 4.79 Å². The molecule has 1 unspecified atom stereocenters. The fraction of sp³-hybridized carbons (Fsp3) is 0.267. The van der Waals surface area contributed by atoms with Crippen LogP contribution in [-0.4, -0.2) is 20.4 Å². The number of thiazole rings is 1. The Labute approximate surface area is 126 Å². The Morgan fingerprint density at radius 2 is 2.10 bits per heavy atom. The summed E-state index contributed by atoms with van der Waals surface area (Å²) in [5, 5.41) is 3.53. The molecule has 1 aromatic carbocycles. The maximum absolute atomic E-state index is 12.3. The van der Waals surface area contributed by atoms with E-state index >= 15 is 0 Å². The third-order valence-corrected chi connectivity index (χ3v) is 4.63. The van der Waals surface area contributed by atoms with Crippen molar-refractivity contribution in [3.8, 4) is 0 Å². The van der Waals surface area contributed by atoms with E-state index in [2.05, 4.69) is 34.3 Å². The molecule has 0 saturated carbocycles. The van der Waals surface area contributed by atoms with E-state index in [0.29, 0.717) is 5.13 Å². The van der Waals surface area contributed by atoms with Gasteiger partial charge in [0.1, 0.15) is 6.04 Å². The Hall–Kier alpha value is -2.21. The molecule has 5 nitrogen and oxygen atoms in total. The highest BCUT2D eigenvalue weighted by atomic mass is 32.1. The van der Waals surface area contributed by atoms with Gasteiger partial charge in [-0.15, -0.1) is 0 Å². The number of nitrogens with one attached hydrogen (secondary N) is 1. The van der Waals surface area contributed by atoms with E-state index in [9.17, 15) is 4.79 Å². The van der Waals surface area contributed by atoms with Crippen LogP contribution in [0.1, 0.15) is 24.1 Å². The van der Waals surface area contributed by atoms with Gasteiger partial charge in [0.15, 0.2) is 5.13 Å². The van der Waals surface area contributed by atoms with Crippen LogP contribution in [-0.2, 0) is 4.79 Å². The number of benzene rings is 1. The molecule has 0 aliphatic heterocycles. The van der Waals surface area contributed by atoms with Gasteiger partial charge in [0.2, 0.25) is 5.91 Å². The Kier molecular flexibility index (Phi) is 3.47. The summed E-state index contributed by atoms with van der Waals surface area (Å²) < 4.78 is 2.89. The van der Waals surface area contributed by atoms with Crippen molar-refractivity contribution in [2.24, 2.45) is 0 Å². The van der Waals surface area contributed by atoms with Crippen molar-refractivity contribution < 1.29 is 4.79 Å². The lowest BCUT2D eigenvalue weighted by molar-refractivity contribution is -0.118. The number of fused-ring (bicyclic) bond motifs is 1. The molecule has 1 atom stereocenters. The van der Waals surface area contributed by atoms with E-state index in [1.165, 1.54) is 16.9 Å². The van der Waals surface area contributed by atoms with Crippen LogP contribution in [0.4, 0.5) is 5.13 Å². The number of hydrogen-bond acceptors (Lipinski definition) is 4. The molecule has 1 amide bonds. The molecule has 108 valence electrons. The van der Waals surface area contributed by atoms with Gasteiger partial charge in [-0.05, 0) is 31.9 Å². The van der Waals surface area contributed by atoms with Crippen molar-refractivity contribution in [1.29, 1.82) is 0 Å². The molecule has 0 saturated heterocycles. The van der Waals surface area contributed by atoms with E-state index in [1.807, 2.05) is 13.8 Å². The molecule has 1 N–H and O–H groups in total. The standard InChI is InChI=1S/C15H16N4OS/c1-9-4-5-10(2)13-12(9)17-15(21-13)18-14(20)11(3)19-7-6-16-8-19/h4-8,11H,1-3H3,(H,17,18,20). The second-order valence-corrected chi connectivity index (χ2v) is 6.07. The molecule has 0 spiro atoms. The second kappa shape index (κ2) is 5.29. The third kappa shape index (κ3) is 2.54. The van der Waals surface area contributed by atoms with Crippen molar-refractivity contribution in [3.63, 3.8) is 0 Å². The monoisotopic (exact) mass is 300 g/mol. The Bertz CT molecular complexity index is 752. The SMILES string of the molecule is Cc1ccc(C)c2sc(NC(=O)C(C)n3ccnc3)nc12. The first-order valence-electron chi connectivity index (χ1n) is 6.71. The van der Waals surface area contributed by atoms with E-state index in [-0.39, 0.29) is 11.9 Å². The minimum Gasteiger partial charge on any atom is -0.325 e. The lowest BCUT2D eigenvalue weighted by Crippen LogP contribution is -2.22. The van der Waals surface area contributed by atoms with Crippen molar-refractivity contribution in [2.45, 2.75) is 26.8 Å². The van der Waals surface area contributed by atoms with Crippen LogP contribution in [0.25, 0.3) is 10.2 Å². The predicted molar refractivity (Wildman–Crippen MR) is 84.7 cm³/mol. The molecule has 0 fully saturated rings. The number of aryl methyl sites for hydroxylation is 2. The molecular weight excluding hydrogens is 284 g/mol.